The number of rotatable bonds is 0. The van der Waals surface area contributed by atoms with Gasteiger partial charge in [-0.1, -0.05) is 27.2 Å². The van der Waals surface area contributed by atoms with Crippen LogP contribution in [0.2, 0.25) is 0 Å². The third-order valence-corrected chi connectivity index (χ3v) is 4.30. The van der Waals surface area contributed by atoms with Gasteiger partial charge in [-0.25, -0.2) is 0 Å². The molecule has 0 aromatic heterocycles. The highest BCUT2D eigenvalue weighted by Crippen LogP contribution is 2.38. The maximum Gasteiger partial charge on any atom is 0.0618 e. The van der Waals surface area contributed by atoms with Gasteiger partial charge in [0.25, 0.3) is 0 Å². The number of hydrogen-bond acceptors (Lipinski definition) is 3. The van der Waals surface area contributed by atoms with Gasteiger partial charge in [0.1, 0.15) is 0 Å². The summed E-state index contributed by atoms with van der Waals surface area (Å²) in [5.74, 6) is 0.230. The average molecular weight is 257 g/mol. The van der Waals surface area contributed by atoms with Crippen LogP contribution in [0.3, 0.4) is 0 Å². The third-order valence-electron chi connectivity index (χ3n) is 4.30. The molecule has 0 aromatic rings. The lowest BCUT2D eigenvalue weighted by atomic mass is 9.69. The van der Waals surface area contributed by atoms with Crippen molar-refractivity contribution in [1.29, 1.82) is 0 Å². The largest absolute Gasteiger partial charge is 0.393 e. The van der Waals surface area contributed by atoms with E-state index >= 15 is 0 Å². The zero-order valence-corrected chi connectivity index (χ0v) is 12.4. The second-order valence-corrected chi connectivity index (χ2v) is 6.86. The van der Waals surface area contributed by atoms with Gasteiger partial charge < -0.3 is 15.5 Å². The highest BCUT2D eigenvalue weighted by atomic mass is 16.3. The fourth-order valence-corrected chi connectivity index (χ4v) is 3.17. The maximum atomic E-state index is 9.71. The molecule has 1 aliphatic carbocycles. The van der Waals surface area contributed by atoms with Crippen LogP contribution >= 0.6 is 0 Å². The van der Waals surface area contributed by atoms with E-state index in [1.165, 1.54) is 25.8 Å². The van der Waals surface area contributed by atoms with Gasteiger partial charge in [-0.3, -0.25) is 0 Å². The molecule has 1 heterocycles. The van der Waals surface area contributed by atoms with Crippen molar-refractivity contribution in [2.24, 2.45) is 11.3 Å². The van der Waals surface area contributed by atoms with E-state index in [1.807, 2.05) is 20.8 Å². The van der Waals surface area contributed by atoms with E-state index in [0.717, 1.165) is 18.9 Å². The summed E-state index contributed by atoms with van der Waals surface area (Å²) in [5.41, 5.74) is -0.114. The number of nitrogens with one attached hydrogen (secondary N) is 1. The molecule has 4 atom stereocenters. The molecule has 1 aliphatic heterocycles. The number of hydrogen-bond donors (Lipinski definition) is 3. The summed E-state index contributed by atoms with van der Waals surface area (Å²) >= 11 is 0. The Morgan fingerprint density at radius 1 is 1.11 bits per heavy atom. The van der Waals surface area contributed by atoms with E-state index in [-0.39, 0.29) is 23.5 Å². The number of aliphatic hydroxyl groups is 2. The van der Waals surface area contributed by atoms with Crippen molar-refractivity contribution in [3.63, 3.8) is 0 Å². The summed E-state index contributed by atoms with van der Waals surface area (Å²) in [5, 5.41) is 22.5. The Hall–Kier alpha value is -0.120. The van der Waals surface area contributed by atoms with Gasteiger partial charge in [-0.2, -0.15) is 0 Å². The summed E-state index contributed by atoms with van der Waals surface area (Å²) < 4.78 is 0. The summed E-state index contributed by atoms with van der Waals surface area (Å²) in [6.07, 6.45) is 5.16. The predicted octanol–water partition coefficient (Wildman–Crippen LogP) is 2.31. The lowest BCUT2D eigenvalue weighted by Crippen LogP contribution is -2.43. The molecular weight excluding hydrogens is 226 g/mol. The van der Waals surface area contributed by atoms with E-state index < -0.39 is 0 Å². The first kappa shape index (κ1) is 15.9. The Labute approximate surface area is 112 Å². The van der Waals surface area contributed by atoms with E-state index in [1.54, 1.807) is 0 Å². The van der Waals surface area contributed by atoms with Crippen molar-refractivity contribution in [3.8, 4) is 0 Å². The molecule has 18 heavy (non-hydrogen) atoms. The quantitative estimate of drug-likeness (QED) is 0.624. The first-order chi connectivity index (χ1) is 8.33. The predicted molar refractivity (Wildman–Crippen MR) is 75.5 cm³/mol. The average Bonchev–Trinajstić information content (AvgIpc) is 2.27. The Kier molecular flexibility index (Phi) is 6.09. The molecule has 2 fully saturated rings. The highest BCUT2D eigenvalue weighted by Gasteiger charge is 2.39. The van der Waals surface area contributed by atoms with Crippen LogP contribution in [-0.4, -0.2) is 35.0 Å². The molecule has 0 radical (unpaired) electrons. The lowest BCUT2D eigenvalue weighted by Gasteiger charge is -2.41. The molecule has 2 rings (SSSR count). The van der Waals surface area contributed by atoms with Crippen LogP contribution in [0, 0.1) is 11.3 Å². The van der Waals surface area contributed by atoms with Gasteiger partial charge in [-0.15, -0.1) is 0 Å². The summed E-state index contributed by atoms with van der Waals surface area (Å²) in [6.45, 7) is 9.50. The smallest absolute Gasteiger partial charge is 0.0618 e. The van der Waals surface area contributed by atoms with Crippen LogP contribution in [0.4, 0.5) is 0 Å². The molecule has 3 N–H and O–H groups in total. The minimum absolute atomic E-state index is 0.114. The molecule has 2 aliphatic rings. The highest BCUT2D eigenvalue weighted by molar-refractivity contribution is 4.89. The molecule has 108 valence electrons. The van der Waals surface area contributed by atoms with Gasteiger partial charge in [0.05, 0.1) is 12.2 Å². The van der Waals surface area contributed by atoms with Crippen LogP contribution in [0.1, 0.15) is 59.8 Å². The molecule has 0 aromatic carbocycles. The first-order valence-electron chi connectivity index (χ1n) is 7.42. The zero-order chi connectivity index (χ0) is 13.8. The molecule has 3 nitrogen and oxygen atoms in total. The van der Waals surface area contributed by atoms with Crippen molar-refractivity contribution < 1.29 is 10.2 Å². The van der Waals surface area contributed by atoms with E-state index in [0.29, 0.717) is 0 Å². The standard InChI is InChI=1S/C9H18O2.C6H13N/c1-6-4-7(10)5-9(2,3)8(6)11;1-6-4-2-3-5-7-6/h6-8,10-11H,4-5H2,1-3H3;6-7H,2-5H2,1H3. The first-order valence-corrected chi connectivity index (χ1v) is 7.42. The monoisotopic (exact) mass is 257 g/mol. The lowest BCUT2D eigenvalue weighted by molar-refractivity contribution is -0.0727. The normalized spacial score (nSPS) is 39.7. The number of piperidine rings is 1. The SMILES string of the molecule is CC1CC(O)CC(C)(C)C1O.CC1CCCCN1. The van der Waals surface area contributed by atoms with Crippen molar-refractivity contribution in [2.45, 2.75) is 78.0 Å². The second-order valence-electron chi connectivity index (χ2n) is 6.86. The van der Waals surface area contributed by atoms with Gasteiger partial charge in [0.2, 0.25) is 0 Å². The Morgan fingerprint density at radius 3 is 2.17 bits per heavy atom. The van der Waals surface area contributed by atoms with Crippen molar-refractivity contribution in [1.82, 2.24) is 5.32 Å². The molecule has 1 saturated heterocycles. The van der Waals surface area contributed by atoms with Gasteiger partial charge >= 0.3 is 0 Å². The maximum absolute atomic E-state index is 9.71. The van der Waals surface area contributed by atoms with Crippen LogP contribution in [0.15, 0.2) is 0 Å². The van der Waals surface area contributed by atoms with Gasteiger partial charge in [-0.05, 0) is 50.5 Å². The van der Waals surface area contributed by atoms with E-state index in [4.69, 9.17) is 0 Å². The third kappa shape index (κ3) is 4.87. The minimum atomic E-state index is -0.258. The second kappa shape index (κ2) is 6.88. The summed E-state index contributed by atoms with van der Waals surface area (Å²) in [7, 11) is 0. The topological polar surface area (TPSA) is 52.5 Å². The Bertz CT molecular complexity index is 237. The van der Waals surface area contributed by atoms with Gasteiger partial charge in [0, 0.05) is 6.04 Å². The zero-order valence-electron chi connectivity index (χ0n) is 12.4. The van der Waals surface area contributed by atoms with Gasteiger partial charge in [0.15, 0.2) is 0 Å². The molecule has 0 bridgehead atoms. The van der Waals surface area contributed by atoms with Crippen LogP contribution in [0.5, 0.6) is 0 Å². The Balaban J connectivity index is 0.000000199. The molecule has 3 heteroatoms. The van der Waals surface area contributed by atoms with E-state index in [2.05, 4.69) is 12.2 Å². The molecule has 4 unspecified atom stereocenters. The van der Waals surface area contributed by atoms with Crippen LogP contribution < -0.4 is 5.32 Å². The molecule has 0 spiro atoms. The van der Waals surface area contributed by atoms with Crippen molar-refractivity contribution in [2.75, 3.05) is 6.54 Å². The summed E-state index contributed by atoms with van der Waals surface area (Å²) in [4.78, 5) is 0. The minimum Gasteiger partial charge on any atom is -0.393 e. The van der Waals surface area contributed by atoms with Crippen LogP contribution in [-0.2, 0) is 0 Å². The molecule has 1 saturated carbocycles. The van der Waals surface area contributed by atoms with Crippen molar-refractivity contribution in [3.05, 3.63) is 0 Å². The van der Waals surface area contributed by atoms with E-state index in [9.17, 15) is 10.2 Å². The van der Waals surface area contributed by atoms with Crippen molar-refractivity contribution >= 4 is 0 Å². The fraction of sp³-hybridized carbons (Fsp3) is 1.00. The number of aliphatic hydroxyl groups excluding tert-OH is 2. The Morgan fingerprint density at radius 2 is 1.78 bits per heavy atom. The molecular formula is C15H31NO2. The fourth-order valence-electron chi connectivity index (χ4n) is 3.17. The summed E-state index contributed by atoms with van der Waals surface area (Å²) in [6, 6.07) is 0.786. The van der Waals surface area contributed by atoms with Crippen LogP contribution in [0.25, 0.3) is 0 Å². The molecule has 0 amide bonds.